The molecular formula is C26H26N4O3. The molecule has 0 aliphatic carbocycles. The molecule has 0 saturated carbocycles. The van der Waals surface area contributed by atoms with Gasteiger partial charge in [-0.2, -0.15) is 0 Å². The van der Waals surface area contributed by atoms with Crippen LogP contribution in [-0.4, -0.2) is 46.1 Å². The highest BCUT2D eigenvalue weighted by Gasteiger charge is 2.18. The molecule has 7 nitrogen and oxygen atoms in total. The van der Waals surface area contributed by atoms with Crippen LogP contribution in [0, 0.1) is 0 Å². The van der Waals surface area contributed by atoms with Gasteiger partial charge in [-0.3, -0.25) is 9.88 Å². The molecule has 1 saturated heterocycles. The van der Waals surface area contributed by atoms with Gasteiger partial charge in [0.1, 0.15) is 11.6 Å². The lowest BCUT2D eigenvalue weighted by molar-refractivity contribution is 0.0602. The summed E-state index contributed by atoms with van der Waals surface area (Å²) in [5.74, 6) is 0.442. The molecule has 0 atom stereocenters. The van der Waals surface area contributed by atoms with E-state index in [1.807, 2.05) is 36.4 Å². The first-order valence-corrected chi connectivity index (χ1v) is 11.2. The summed E-state index contributed by atoms with van der Waals surface area (Å²) in [7, 11) is 1.37. The second-order valence-corrected chi connectivity index (χ2v) is 8.38. The molecule has 1 fully saturated rings. The minimum atomic E-state index is -0.441. The number of hydrogen-bond acceptors (Lipinski definition) is 7. The zero-order chi connectivity index (χ0) is 22.8. The molecule has 2 aromatic carbocycles. The van der Waals surface area contributed by atoms with Crippen LogP contribution >= 0.6 is 0 Å². The Balaban J connectivity index is 1.58. The van der Waals surface area contributed by atoms with E-state index in [9.17, 15) is 9.90 Å². The zero-order valence-corrected chi connectivity index (χ0v) is 18.5. The van der Waals surface area contributed by atoms with Gasteiger partial charge < -0.3 is 15.2 Å². The number of carbonyl (C=O) groups is 1. The van der Waals surface area contributed by atoms with Crippen molar-refractivity contribution in [1.29, 1.82) is 0 Å². The fraction of sp³-hybridized carbons (Fsp3) is 0.269. The molecule has 2 aromatic heterocycles. The number of hydrogen-bond donors (Lipinski definition) is 2. The Kier molecular flexibility index (Phi) is 5.79. The van der Waals surface area contributed by atoms with Crippen LogP contribution in [-0.2, 0) is 11.3 Å². The Morgan fingerprint density at radius 2 is 1.91 bits per heavy atom. The number of anilines is 2. The third-order valence-corrected chi connectivity index (χ3v) is 6.20. The van der Waals surface area contributed by atoms with E-state index >= 15 is 0 Å². The van der Waals surface area contributed by atoms with Gasteiger partial charge in [-0.1, -0.05) is 24.6 Å². The van der Waals surface area contributed by atoms with Crippen molar-refractivity contribution in [2.45, 2.75) is 25.8 Å². The van der Waals surface area contributed by atoms with E-state index in [4.69, 9.17) is 9.72 Å². The minimum absolute atomic E-state index is 0.289. The number of phenolic OH excluding ortho intramolecular Hbond substituents is 1. The lowest BCUT2D eigenvalue weighted by atomic mass is 10.0. The molecule has 0 bridgehead atoms. The van der Waals surface area contributed by atoms with Crippen LogP contribution in [0.15, 0.2) is 54.9 Å². The van der Waals surface area contributed by atoms with Crippen molar-refractivity contribution < 1.29 is 14.6 Å². The van der Waals surface area contributed by atoms with Crippen LogP contribution in [0.2, 0.25) is 0 Å². The Bertz CT molecular complexity index is 1330. The number of pyridine rings is 2. The van der Waals surface area contributed by atoms with Crippen LogP contribution in [0.5, 0.6) is 5.75 Å². The first-order chi connectivity index (χ1) is 16.1. The maximum Gasteiger partial charge on any atom is 0.340 e. The number of fused-ring (bicyclic) bond motifs is 3. The molecule has 1 aliphatic rings. The SMILES string of the molecule is COC(=O)c1cncc2c(Nc3ccc(O)c(CN4CCCCC4)c3)nc3ccccc3c12. The molecule has 2 N–H and O–H groups in total. The summed E-state index contributed by atoms with van der Waals surface area (Å²) in [6.45, 7) is 2.81. The number of aromatic nitrogens is 2. The number of aromatic hydroxyl groups is 1. The quantitative estimate of drug-likeness (QED) is 0.255. The van der Waals surface area contributed by atoms with E-state index in [1.54, 1.807) is 12.3 Å². The standard InChI is InChI=1S/C26H26N4O3/c1-33-26(32)21-15-27-14-20-24(21)19-7-3-4-8-22(19)29-25(20)28-18-9-10-23(31)17(13-18)16-30-11-5-2-6-12-30/h3-4,7-10,13-15,31H,2,5-6,11-12,16H2,1H3,(H,28,29). The van der Waals surface area contributed by atoms with Crippen molar-refractivity contribution in [3.05, 3.63) is 66.0 Å². The van der Waals surface area contributed by atoms with E-state index in [0.717, 1.165) is 46.0 Å². The fourth-order valence-corrected chi connectivity index (χ4v) is 4.54. The molecule has 33 heavy (non-hydrogen) atoms. The predicted molar refractivity (Wildman–Crippen MR) is 129 cm³/mol. The highest BCUT2D eigenvalue weighted by molar-refractivity contribution is 6.18. The topological polar surface area (TPSA) is 87.6 Å². The normalized spacial score (nSPS) is 14.5. The molecular weight excluding hydrogens is 416 g/mol. The van der Waals surface area contributed by atoms with Gasteiger partial charge in [0.15, 0.2) is 0 Å². The highest BCUT2D eigenvalue weighted by atomic mass is 16.5. The van der Waals surface area contributed by atoms with Gasteiger partial charge in [0.25, 0.3) is 0 Å². The third kappa shape index (κ3) is 4.19. The van der Waals surface area contributed by atoms with Gasteiger partial charge >= 0.3 is 5.97 Å². The van der Waals surface area contributed by atoms with Crippen molar-refractivity contribution in [2.24, 2.45) is 0 Å². The molecule has 3 heterocycles. The Morgan fingerprint density at radius 3 is 2.73 bits per heavy atom. The number of nitrogens with one attached hydrogen (secondary N) is 1. The molecule has 0 amide bonds. The number of nitrogens with zero attached hydrogens (tertiary/aromatic N) is 3. The van der Waals surface area contributed by atoms with Gasteiger partial charge in [0, 0.05) is 46.3 Å². The second kappa shape index (κ2) is 9.03. The number of esters is 1. The number of piperidine rings is 1. The summed E-state index contributed by atoms with van der Waals surface area (Å²) in [6, 6.07) is 13.2. The maximum atomic E-state index is 12.5. The molecule has 0 radical (unpaired) electrons. The van der Waals surface area contributed by atoms with Crippen molar-refractivity contribution in [1.82, 2.24) is 14.9 Å². The number of likely N-dealkylation sites (tertiary alicyclic amines) is 1. The van der Waals surface area contributed by atoms with E-state index in [0.29, 0.717) is 17.9 Å². The van der Waals surface area contributed by atoms with E-state index in [-0.39, 0.29) is 5.75 Å². The number of para-hydroxylation sites is 1. The van der Waals surface area contributed by atoms with Crippen LogP contribution in [0.3, 0.4) is 0 Å². The summed E-state index contributed by atoms with van der Waals surface area (Å²) in [5, 5.41) is 16.2. The van der Waals surface area contributed by atoms with E-state index < -0.39 is 5.97 Å². The number of phenols is 1. The van der Waals surface area contributed by atoms with Crippen molar-refractivity contribution in [3.8, 4) is 5.75 Å². The van der Waals surface area contributed by atoms with Crippen molar-refractivity contribution in [2.75, 3.05) is 25.5 Å². The van der Waals surface area contributed by atoms with Crippen molar-refractivity contribution in [3.63, 3.8) is 0 Å². The predicted octanol–water partition coefficient (Wildman–Crippen LogP) is 5.00. The summed E-state index contributed by atoms with van der Waals surface area (Å²) in [5.41, 5.74) is 2.84. The number of benzene rings is 2. The van der Waals surface area contributed by atoms with Gasteiger partial charge in [0.05, 0.1) is 18.2 Å². The molecule has 1 aliphatic heterocycles. The smallest absolute Gasteiger partial charge is 0.340 e. The number of carbonyl (C=O) groups excluding carboxylic acids is 1. The average molecular weight is 443 g/mol. The summed E-state index contributed by atoms with van der Waals surface area (Å²) in [6.07, 6.45) is 6.90. The van der Waals surface area contributed by atoms with Crippen LogP contribution in [0.1, 0.15) is 35.2 Å². The zero-order valence-electron chi connectivity index (χ0n) is 18.5. The maximum absolute atomic E-state index is 12.5. The first-order valence-electron chi connectivity index (χ1n) is 11.2. The van der Waals surface area contributed by atoms with Crippen molar-refractivity contribution >= 4 is 39.1 Å². The number of rotatable bonds is 5. The summed E-state index contributed by atoms with van der Waals surface area (Å²) in [4.78, 5) is 23.9. The lowest BCUT2D eigenvalue weighted by Gasteiger charge is -2.26. The van der Waals surface area contributed by atoms with Crippen LogP contribution in [0.25, 0.3) is 21.7 Å². The number of methoxy groups -OCH3 is 1. The number of ether oxygens (including phenoxy) is 1. The molecule has 7 heteroatoms. The van der Waals surface area contributed by atoms with Gasteiger partial charge in [0.2, 0.25) is 0 Å². The fourth-order valence-electron chi connectivity index (χ4n) is 4.54. The lowest BCUT2D eigenvalue weighted by Crippen LogP contribution is -2.29. The first kappa shape index (κ1) is 21.2. The average Bonchev–Trinajstić information content (AvgIpc) is 2.86. The Morgan fingerprint density at radius 1 is 1.09 bits per heavy atom. The monoisotopic (exact) mass is 442 g/mol. The largest absolute Gasteiger partial charge is 0.508 e. The van der Waals surface area contributed by atoms with Gasteiger partial charge in [-0.05, 0) is 50.2 Å². The van der Waals surface area contributed by atoms with E-state index in [2.05, 4.69) is 15.2 Å². The Hall–Kier alpha value is -3.71. The summed E-state index contributed by atoms with van der Waals surface area (Å²) >= 11 is 0. The minimum Gasteiger partial charge on any atom is -0.508 e. The molecule has 5 rings (SSSR count). The van der Waals surface area contributed by atoms with E-state index in [1.165, 1.54) is 32.6 Å². The molecule has 0 spiro atoms. The van der Waals surface area contributed by atoms with Gasteiger partial charge in [-0.25, -0.2) is 9.78 Å². The van der Waals surface area contributed by atoms with Gasteiger partial charge in [-0.15, -0.1) is 0 Å². The van der Waals surface area contributed by atoms with Crippen LogP contribution in [0.4, 0.5) is 11.5 Å². The molecule has 4 aromatic rings. The summed E-state index contributed by atoms with van der Waals surface area (Å²) < 4.78 is 5.00. The van der Waals surface area contributed by atoms with Crippen LogP contribution < -0.4 is 5.32 Å². The highest BCUT2D eigenvalue weighted by Crippen LogP contribution is 2.34. The Labute approximate surface area is 192 Å². The molecule has 0 unspecified atom stereocenters. The second-order valence-electron chi connectivity index (χ2n) is 8.38. The third-order valence-electron chi connectivity index (χ3n) is 6.20. The molecule has 168 valence electrons.